The fourth-order valence-corrected chi connectivity index (χ4v) is 8.57. The summed E-state index contributed by atoms with van der Waals surface area (Å²) < 4.78 is 21.9. The number of methoxy groups -OCH3 is 1. The molecule has 206 valence electrons. The first-order chi connectivity index (χ1) is 17.8. The van der Waals surface area contributed by atoms with E-state index in [-0.39, 0.29) is 24.1 Å². The topological polar surface area (TPSA) is 129 Å². The predicted octanol–water partition coefficient (Wildman–Crippen LogP) is 3.70. The second kappa shape index (κ2) is 8.79. The summed E-state index contributed by atoms with van der Waals surface area (Å²) in [5.41, 5.74) is 0.102. The van der Waals surface area contributed by atoms with Crippen molar-refractivity contribution in [3.8, 4) is 0 Å². The summed E-state index contributed by atoms with van der Waals surface area (Å²) in [5.74, 6) is -3.72. The zero-order valence-electron chi connectivity index (χ0n) is 22.7. The SMILES string of the molecule is COC(=O)C(O)[C@@H]1C2(C)C(=O)[C@@H](CC3=C4CC(=O)O[C@@H](c5ccoc5)[C@]4(C)CCC32)[C@H](OC(C)=O)C1(C)C. The van der Waals surface area contributed by atoms with Crippen molar-refractivity contribution < 1.29 is 42.9 Å². The molecule has 3 aliphatic carbocycles. The predicted molar refractivity (Wildman–Crippen MR) is 132 cm³/mol. The Kier molecular flexibility index (Phi) is 6.17. The van der Waals surface area contributed by atoms with E-state index in [4.69, 9.17) is 18.6 Å². The van der Waals surface area contributed by atoms with Gasteiger partial charge >= 0.3 is 17.9 Å². The highest BCUT2D eigenvalue weighted by Crippen LogP contribution is 2.68. The van der Waals surface area contributed by atoms with E-state index in [1.54, 1.807) is 18.6 Å². The summed E-state index contributed by atoms with van der Waals surface area (Å²) >= 11 is 0. The maximum absolute atomic E-state index is 14.3. The van der Waals surface area contributed by atoms with Crippen LogP contribution in [0.5, 0.6) is 0 Å². The number of ether oxygens (including phenoxy) is 3. The number of carbonyl (C=O) groups is 4. The van der Waals surface area contributed by atoms with E-state index in [9.17, 15) is 24.3 Å². The summed E-state index contributed by atoms with van der Waals surface area (Å²) in [4.78, 5) is 52.1. The maximum Gasteiger partial charge on any atom is 0.335 e. The largest absolute Gasteiger partial charge is 0.472 e. The van der Waals surface area contributed by atoms with Gasteiger partial charge in [-0.05, 0) is 36.8 Å². The molecule has 2 bridgehead atoms. The van der Waals surface area contributed by atoms with Crippen LogP contribution in [0, 0.1) is 34.0 Å². The van der Waals surface area contributed by atoms with Gasteiger partial charge in [0.15, 0.2) is 6.10 Å². The molecule has 1 aliphatic heterocycles. The average Bonchev–Trinajstić information content (AvgIpc) is 3.38. The Morgan fingerprint density at radius 1 is 1.18 bits per heavy atom. The minimum Gasteiger partial charge on any atom is -0.472 e. The van der Waals surface area contributed by atoms with Crippen LogP contribution in [0.1, 0.15) is 72.0 Å². The van der Waals surface area contributed by atoms with Crippen molar-refractivity contribution >= 4 is 23.7 Å². The van der Waals surface area contributed by atoms with E-state index in [1.807, 2.05) is 20.8 Å². The molecule has 1 saturated heterocycles. The lowest BCUT2D eigenvalue weighted by atomic mass is 9.40. The number of hydrogen-bond donors (Lipinski definition) is 1. The van der Waals surface area contributed by atoms with Crippen LogP contribution >= 0.6 is 0 Å². The molecule has 0 aromatic carbocycles. The van der Waals surface area contributed by atoms with E-state index < -0.39 is 58.3 Å². The minimum atomic E-state index is -1.60. The van der Waals surface area contributed by atoms with Crippen molar-refractivity contribution in [2.24, 2.45) is 34.0 Å². The zero-order chi connectivity index (χ0) is 27.8. The molecule has 2 heterocycles. The Morgan fingerprint density at radius 2 is 1.89 bits per heavy atom. The lowest BCUT2D eigenvalue weighted by molar-refractivity contribution is -0.212. The van der Waals surface area contributed by atoms with Gasteiger partial charge in [0.2, 0.25) is 0 Å². The molecule has 1 N–H and O–H groups in total. The van der Waals surface area contributed by atoms with Crippen molar-refractivity contribution in [3.05, 3.63) is 35.3 Å². The van der Waals surface area contributed by atoms with Crippen LogP contribution in [0.3, 0.4) is 0 Å². The molecule has 3 fully saturated rings. The summed E-state index contributed by atoms with van der Waals surface area (Å²) in [6.07, 6.45) is 1.82. The fourth-order valence-electron chi connectivity index (χ4n) is 8.57. The van der Waals surface area contributed by atoms with Crippen LogP contribution in [-0.2, 0) is 33.4 Å². The molecule has 0 radical (unpaired) electrons. The highest BCUT2D eigenvalue weighted by molar-refractivity contribution is 5.93. The van der Waals surface area contributed by atoms with Gasteiger partial charge in [0.1, 0.15) is 18.0 Å². The lowest BCUT2D eigenvalue weighted by Gasteiger charge is -2.64. The van der Waals surface area contributed by atoms with Crippen molar-refractivity contribution in [1.29, 1.82) is 0 Å². The van der Waals surface area contributed by atoms with Crippen LogP contribution < -0.4 is 0 Å². The van der Waals surface area contributed by atoms with E-state index >= 15 is 0 Å². The highest BCUT2D eigenvalue weighted by Gasteiger charge is 2.70. The number of ketones is 1. The Bertz CT molecular complexity index is 1210. The van der Waals surface area contributed by atoms with E-state index in [0.717, 1.165) is 16.7 Å². The fraction of sp³-hybridized carbons (Fsp3) is 0.655. The van der Waals surface area contributed by atoms with Gasteiger partial charge in [0.05, 0.1) is 32.0 Å². The van der Waals surface area contributed by atoms with Gasteiger partial charge < -0.3 is 23.7 Å². The van der Waals surface area contributed by atoms with Crippen LogP contribution in [0.25, 0.3) is 0 Å². The summed E-state index contributed by atoms with van der Waals surface area (Å²) in [6, 6.07) is 1.80. The van der Waals surface area contributed by atoms with Crippen molar-refractivity contribution in [2.75, 3.05) is 7.11 Å². The minimum absolute atomic E-state index is 0.0967. The average molecular weight is 529 g/mol. The molecule has 0 spiro atoms. The van der Waals surface area contributed by atoms with Crippen LogP contribution in [0.15, 0.2) is 34.2 Å². The van der Waals surface area contributed by atoms with Gasteiger partial charge in [0, 0.05) is 34.7 Å². The molecular weight excluding hydrogens is 492 g/mol. The number of hydrogen-bond acceptors (Lipinski definition) is 9. The number of Topliss-reactive ketones (excluding diaryl/α,β-unsaturated/α-hetero) is 1. The Balaban J connectivity index is 1.72. The van der Waals surface area contributed by atoms with Gasteiger partial charge in [-0.1, -0.05) is 33.3 Å². The van der Waals surface area contributed by atoms with Crippen molar-refractivity contribution in [1.82, 2.24) is 0 Å². The molecule has 1 aromatic heterocycles. The number of aliphatic hydroxyl groups is 1. The normalized spacial score (nSPS) is 38.4. The molecular formula is C29H36O9. The van der Waals surface area contributed by atoms with E-state index in [1.165, 1.54) is 14.0 Å². The first kappa shape index (κ1) is 26.7. The van der Waals surface area contributed by atoms with Gasteiger partial charge in [-0.25, -0.2) is 4.79 Å². The molecule has 9 nitrogen and oxygen atoms in total. The van der Waals surface area contributed by atoms with Crippen LogP contribution in [0.4, 0.5) is 0 Å². The number of rotatable bonds is 4. The molecule has 4 aliphatic rings. The third kappa shape index (κ3) is 3.53. The summed E-state index contributed by atoms with van der Waals surface area (Å²) in [7, 11) is 1.20. The standard InChI is InChI=1S/C29H36O9/c1-14(30)37-25-17-11-16-18(29(5,23(17)33)22(27(25,2)3)21(32)26(34)35-6)7-9-28(4)19(16)12-20(31)38-24(28)15-8-10-36-13-15/h8,10,13,17-18,21-22,24-25,32H,7,9,11-12H2,1-6H3/t17-,18?,21?,22+,24+,25+,28-,29?/m1/s1. The third-order valence-electron chi connectivity index (χ3n) is 10.1. The van der Waals surface area contributed by atoms with Crippen LogP contribution in [0.2, 0.25) is 0 Å². The smallest absolute Gasteiger partial charge is 0.335 e. The Hall–Kier alpha value is -2.94. The number of allylic oxidation sites excluding steroid dienone is 1. The number of aliphatic hydroxyl groups excluding tert-OH is 1. The summed E-state index contributed by atoms with van der Waals surface area (Å²) in [5, 5.41) is 11.3. The Labute approximate surface area is 221 Å². The second-order valence-electron chi connectivity index (χ2n) is 12.4. The van der Waals surface area contributed by atoms with Gasteiger partial charge in [-0.2, -0.15) is 0 Å². The van der Waals surface area contributed by atoms with Crippen molar-refractivity contribution in [2.45, 2.75) is 78.6 Å². The molecule has 2 saturated carbocycles. The van der Waals surface area contributed by atoms with E-state index in [0.29, 0.717) is 19.3 Å². The zero-order valence-corrected chi connectivity index (χ0v) is 22.7. The monoisotopic (exact) mass is 528 g/mol. The number of carbonyl (C=O) groups excluding carboxylic acids is 4. The van der Waals surface area contributed by atoms with E-state index in [2.05, 4.69) is 6.92 Å². The van der Waals surface area contributed by atoms with Crippen molar-refractivity contribution in [3.63, 3.8) is 0 Å². The van der Waals surface area contributed by atoms with Crippen LogP contribution in [-0.4, -0.2) is 48.1 Å². The molecule has 5 rings (SSSR count). The highest BCUT2D eigenvalue weighted by atomic mass is 16.6. The number of furan rings is 1. The first-order valence-electron chi connectivity index (χ1n) is 13.2. The van der Waals surface area contributed by atoms with Gasteiger partial charge in [0.25, 0.3) is 0 Å². The quantitative estimate of drug-likeness (QED) is 0.353. The molecule has 38 heavy (non-hydrogen) atoms. The Morgan fingerprint density at radius 3 is 2.50 bits per heavy atom. The molecule has 3 unspecified atom stereocenters. The van der Waals surface area contributed by atoms with Gasteiger partial charge in [-0.15, -0.1) is 0 Å². The van der Waals surface area contributed by atoms with Gasteiger partial charge in [-0.3, -0.25) is 14.4 Å². The lowest BCUT2D eigenvalue weighted by Crippen LogP contribution is -2.69. The first-order valence-corrected chi connectivity index (χ1v) is 13.2. The second-order valence-corrected chi connectivity index (χ2v) is 12.4. The third-order valence-corrected chi connectivity index (χ3v) is 10.1. The number of cyclic esters (lactones) is 1. The molecule has 0 amide bonds. The molecule has 8 atom stereocenters. The molecule has 1 aromatic rings. The number of fused-ring (bicyclic) bond motifs is 5. The number of esters is 3. The summed E-state index contributed by atoms with van der Waals surface area (Å²) in [6.45, 7) is 8.88. The maximum atomic E-state index is 14.3. The molecule has 9 heteroatoms.